The van der Waals surface area contributed by atoms with E-state index in [2.05, 4.69) is 36.1 Å². The monoisotopic (exact) mass is 235 g/mol. The standard InChI is InChI=1S/C14H25N3/c1-5-6-15-13(7-11(2)3)8-14-16-9-12(4)10-17-14/h9-11,13,15H,5-8H2,1-4H3. The summed E-state index contributed by atoms with van der Waals surface area (Å²) in [5, 5.41) is 3.58. The van der Waals surface area contributed by atoms with Crippen molar-refractivity contribution in [2.75, 3.05) is 6.54 Å². The van der Waals surface area contributed by atoms with E-state index in [1.54, 1.807) is 0 Å². The highest BCUT2D eigenvalue weighted by Gasteiger charge is 2.12. The Morgan fingerprint density at radius 1 is 1.24 bits per heavy atom. The van der Waals surface area contributed by atoms with Crippen LogP contribution in [-0.2, 0) is 6.42 Å². The average Bonchev–Trinajstić information content (AvgIpc) is 2.28. The number of aryl methyl sites for hydroxylation is 1. The molecule has 0 saturated heterocycles. The summed E-state index contributed by atoms with van der Waals surface area (Å²) < 4.78 is 0. The molecule has 0 radical (unpaired) electrons. The van der Waals surface area contributed by atoms with Gasteiger partial charge in [-0.25, -0.2) is 9.97 Å². The minimum absolute atomic E-state index is 0.498. The van der Waals surface area contributed by atoms with Crippen LogP contribution >= 0.6 is 0 Å². The Bertz CT molecular complexity index is 306. The van der Waals surface area contributed by atoms with E-state index in [9.17, 15) is 0 Å². The fraction of sp³-hybridized carbons (Fsp3) is 0.714. The molecule has 1 atom stereocenters. The number of aromatic nitrogens is 2. The number of hydrogen-bond acceptors (Lipinski definition) is 3. The van der Waals surface area contributed by atoms with Crippen LogP contribution in [-0.4, -0.2) is 22.6 Å². The SMILES string of the molecule is CCCNC(Cc1ncc(C)cn1)CC(C)C. The Balaban J connectivity index is 2.54. The third-order valence-corrected chi connectivity index (χ3v) is 2.70. The van der Waals surface area contributed by atoms with Gasteiger partial charge in [0.05, 0.1) is 0 Å². The van der Waals surface area contributed by atoms with Gasteiger partial charge in [0.25, 0.3) is 0 Å². The van der Waals surface area contributed by atoms with Gasteiger partial charge in [0.1, 0.15) is 5.82 Å². The maximum absolute atomic E-state index is 4.38. The van der Waals surface area contributed by atoms with Gasteiger partial charge in [0.15, 0.2) is 0 Å². The summed E-state index contributed by atoms with van der Waals surface area (Å²) in [5.74, 6) is 1.65. The number of rotatable bonds is 7. The minimum atomic E-state index is 0.498. The zero-order valence-electron chi connectivity index (χ0n) is 11.5. The van der Waals surface area contributed by atoms with Crippen LogP contribution in [0.4, 0.5) is 0 Å². The van der Waals surface area contributed by atoms with Gasteiger partial charge >= 0.3 is 0 Å². The molecule has 3 nitrogen and oxygen atoms in total. The smallest absolute Gasteiger partial charge is 0.129 e. The largest absolute Gasteiger partial charge is 0.314 e. The fourth-order valence-electron chi connectivity index (χ4n) is 1.90. The summed E-state index contributed by atoms with van der Waals surface area (Å²) in [5.41, 5.74) is 1.12. The molecule has 1 rings (SSSR count). The summed E-state index contributed by atoms with van der Waals surface area (Å²) in [7, 11) is 0. The lowest BCUT2D eigenvalue weighted by Gasteiger charge is -2.19. The molecule has 0 amide bonds. The van der Waals surface area contributed by atoms with Gasteiger partial charge in [0, 0.05) is 24.9 Å². The van der Waals surface area contributed by atoms with Crippen LogP contribution in [0.15, 0.2) is 12.4 Å². The van der Waals surface area contributed by atoms with Crippen molar-refractivity contribution in [3.63, 3.8) is 0 Å². The molecule has 0 bridgehead atoms. The van der Waals surface area contributed by atoms with Gasteiger partial charge < -0.3 is 5.32 Å². The second kappa shape index (κ2) is 7.38. The maximum atomic E-state index is 4.38. The number of hydrogen-bond donors (Lipinski definition) is 1. The van der Waals surface area contributed by atoms with Gasteiger partial charge in [-0.1, -0.05) is 20.8 Å². The molecule has 0 aliphatic rings. The average molecular weight is 235 g/mol. The Morgan fingerprint density at radius 3 is 2.41 bits per heavy atom. The molecule has 1 unspecified atom stereocenters. The van der Waals surface area contributed by atoms with E-state index in [-0.39, 0.29) is 0 Å². The highest BCUT2D eigenvalue weighted by Crippen LogP contribution is 2.09. The molecular weight excluding hydrogens is 210 g/mol. The molecule has 0 aliphatic carbocycles. The minimum Gasteiger partial charge on any atom is -0.314 e. The predicted molar refractivity (Wildman–Crippen MR) is 72.0 cm³/mol. The Morgan fingerprint density at radius 2 is 1.88 bits per heavy atom. The molecule has 96 valence electrons. The Labute approximate surface area is 105 Å². The Hall–Kier alpha value is -0.960. The fourth-order valence-corrected chi connectivity index (χ4v) is 1.90. The molecule has 1 aromatic rings. The lowest BCUT2D eigenvalue weighted by molar-refractivity contribution is 0.410. The second-order valence-corrected chi connectivity index (χ2v) is 5.16. The Kier molecular flexibility index (Phi) is 6.12. The van der Waals surface area contributed by atoms with Gasteiger partial charge in [0.2, 0.25) is 0 Å². The van der Waals surface area contributed by atoms with Crippen LogP contribution < -0.4 is 5.32 Å². The lowest BCUT2D eigenvalue weighted by atomic mass is 10.0. The molecule has 0 spiro atoms. The van der Waals surface area contributed by atoms with Crippen molar-refractivity contribution in [1.29, 1.82) is 0 Å². The molecule has 17 heavy (non-hydrogen) atoms. The van der Waals surface area contributed by atoms with Gasteiger partial charge in [-0.3, -0.25) is 0 Å². The number of nitrogens with zero attached hydrogens (tertiary/aromatic N) is 2. The van der Waals surface area contributed by atoms with Crippen molar-refractivity contribution in [1.82, 2.24) is 15.3 Å². The van der Waals surface area contributed by atoms with Crippen molar-refractivity contribution < 1.29 is 0 Å². The number of nitrogens with one attached hydrogen (secondary N) is 1. The van der Waals surface area contributed by atoms with E-state index in [0.717, 1.165) is 24.4 Å². The molecule has 0 saturated carbocycles. The van der Waals surface area contributed by atoms with Crippen LogP contribution in [0.1, 0.15) is 45.0 Å². The molecule has 1 N–H and O–H groups in total. The third-order valence-electron chi connectivity index (χ3n) is 2.70. The first kappa shape index (κ1) is 14.1. The lowest BCUT2D eigenvalue weighted by Crippen LogP contribution is -2.33. The summed E-state index contributed by atoms with van der Waals surface area (Å²) >= 11 is 0. The van der Waals surface area contributed by atoms with E-state index < -0.39 is 0 Å². The maximum Gasteiger partial charge on any atom is 0.129 e. The summed E-state index contributed by atoms with van der Waals surface area (Å²) in [6.07, 6.45) is 7.07. The van der Waals surface area contributed by atoms with Crippen molar-refractivity contribution in [2.24, 2.45) is 5.92 Å². The summed E-state index contributed by atoms with van der Waals surface area (Å²) in [6, 6.07) is 0.498. The highest BCUT2D eigenvalue weighted by molar-refractivity contribution is 5.02. The highest BCUT2D eigenvalue weighted by atomic mass is 14.9. The predicted octanol–water partition coefficient (Wildman–Crippen LogP) is 2.74. The van der Waals surface area contributed by atoms with Crippen LogP contribution in [0, 0.1) is 12.8 Å². The molecule has 3 heteroatoms. The van der Waals surface area contributed by atoms with E-state index >= 15 is 0 Å². The van der Waals surface area contributed by atoms with E-state index in [4.69, 9.17) is 0 Å². The molecule has 0 aliphatic heterocycles. The van der Waals surface area contributed by atoms with Gasteiger partial charge in [-0.2, -0.15) is 0 Å². The molecule has 0 fully saturated rings. The van der Waals surface area contributed by atoms with Crippen molar-refractivity contribution in [2.45, 2.75) is 53.0 Å². The van der Waals surface area contributed by atoms with Crippen LogP contribution in [0.2, 0.25) is 0 Å². The molecule has 1 heterocycles. The zero-order valence-corrected chi connectivity index (χ0v) is 11.5. The van der Waals surface area contributed by atoms with Crippen molar-refractivity contribution >= 4 is 0 Å². The molecule has 0 aromatic carbocycles. The first-order valence-electron chi connectivity index (χ1n) is 6.62. The first-order chi connectivity index (χ1) is 8.11. The van der Waals surface area contributed by atoms with E-state index in [1.807, 2.05) is 19.3 Å². The topological polar surface area (TPSA) is 37.8 Å². The van der Waals surface area contributed by atoms with Crippen LogP contribution in [0.3, 0.4) is 0 Å². The molecule has 1 aromatic heterocycles. The van der Waals surface area contributed by atoms with E-state index in [1.165, 1.54) is 12.8 Å². The van der Waals surface area contributed by atoms with Crippen molar-refractivity contribution in [3.05, 3.63) is 23.8 Å². The summed E-state index contributed by atoms with van der Waals surface area (Å²) in [6.45, 7) is 9.81. The van der Waals surface area contributed by atoms with Crippen LogP contribution in [0.25, 0.3) is 0 Å². The van der Waals surface area contributed by atoms with Crippen LogP contribution in [0.5, 0.6) is 0 Å². The first-order valence-corrected chi connectivity index (χ1v) is 6.62. The van der Waals surface area contributed by atoms with Crippen molar-refractivity contribution in [3.8, 4) is 0 Å². The zero-order chi connectivity index (χ0) is 12.7. The van der Waals surface area contributed by atoms with Gasteiger partial charge in [-0.05, 0) is 37.8 Å². The van der Waals surface area contributed by atoms with Gasteiger partial charge in [-0.15, -0.1) is 0 Å². The second-order valence-electron chi connectivity index (χ2n) is 5.16. The normalized spacial score (nSPS) is 13.0. The van der Waals surface area contributed by atoms with E-state index in [0.29, 0.717) is 12.0 Å². The summed E-state index contributed by atoms with van der Waals surface area (Å²) in [4.78, 5) is 8.76. The molecular formula is C14H25N3. The third kappa shape index (κ3) is 5.78. The quantitative estimate of drug-likeness (QED) is 0.789.